The monoisotopic (exact) mass is 312 g/mol. The minimum Gasteiger partial charge on any atom is -0.394 e. The van der Waals surface area contributed by atoms with Gasteiger partial charge in [-0.15, -0.1) is 0 Å². The lowest BCUT2D eigenvalue weighted by molar-refractivity contribution is 0.128. The fourth-order valence-electron chi connectivity index (χ4n) is 4.50. The van der Waals surface area contributed by atoms with Crippen LogP contribution in [0, 0.1) is 11.8 Å². The van der Waals surface area contributed by atoms with Gasteiger partial charge in [0.15, 0.2) is 0 Å². The van der Waals surface area contributed by atoms with E-state index in [0.717, 1.165) is 30.2 Å². The Morgan fingerprint density at radius 3 is 2.19 bits per heavy atom. The predicted molar refractivity (Wildman–Crippen MR) is 91.8 cm³/mol. The highest BCUT2D eigenvalue weighted by Crippen LogP contribution is 2.51. The Morgan fingerprint density at radius 2 is 1.62 bits per heavy atom. The van der Waals surface area contributed by atoms with Crippen molar-refractivity contribution in [3.63, 3.8) is 0 Å². The fraction of sp³-hybridized carbons (Fsp3) is 1.00. The van der Waals surface area contributed by atoms with E-state index in [-0.39, 0.29) is 0 Å². The third-order valence-electron chi connectivity index (χ3n) is 5.44. The minimum atomic E-state index is -2.07. The Bertz CT molecular complexity index is 302. The van der Waals surface area contributed by atoms with Gasteiger partial charge in [0.25, 0.3) is 0 Å². The first-order chi connectivity index (χ1) is 10.1. The molecule has 2 aliphatic rings. The van der Waals surface area contributed by atoms with Crippen molar-refractivity contribution in [3.05, 3.63) is 0 Å². The van der Waals surface area contributed by atoms with Crippen LogP contribution in [0.15, 0.2) is 0 Å². The molecule has 21 heavy (non-hydrogen) atoms. The molecule has 0 amide bonds. The summed E-state index contributed by atoms with van der Waals surface area (Å²) in [5, 5.41) is 0. The molecular formula is C18H36O2Si. The Morgan fingerprint density at radius 1 is 0.952 bits per heavy atom. The SMILES string of the molecule is CCO[Si](OCC(C)C)(C1CCCC1)C1CCCC(C)C1. The van der Waals surface area contributed by atoms with Crippen molar-refractivity contribution in [2.45, 2.75) is 90.1 Å². The van der Waals surface area contributed by atoms with E-state index in [9.17, 15) is 0 Å². The van der Waals surface area contributed by atoms with Crippen molar-refractivity contribution >= 4 is 8.56 Å². The molecule has 0 spiro atoms. The molecule has 124 valence electrons. The van der Waals surface area contributed by atoms with Crippen LogP contribution in [0.4, 0.5) is 0 Å². The van der Waals surface area contributed by atoms with Gasteiger partial charge in [-0.25, -0.2) is 0 Å². The molecule has 3 atom stereocenters. The Kier molecular flexibility index (Phi) is 6.76. The highest BCUT2D eigenvalue weighted by molar-refractivity contribution is 6.70. The average Bonchev–Trinajstić information content (AvgIpc) is 2.98. The zero-order valence-corrected chi connectivity index (χ0v) is 15.7. The van der Waals surface area contributed by atoms with E-state index < -0.39 is 8.56 Å². The molecule has 3 heteroatoms. The summed E-state index contributed by atoms with van der Waals surface area (Å²) in [5.41, 5.74) is 1.49. The second-order valence-electron chi connectivity index (χ2n) is 7.81. The van der Waals surface area contributed by atoms with E-state index >= 15 is 0 Å². The van der Waals surface area contributed by atoms with Gasteiger partial charge in [0.1, 0.15) is 0 Å². The molecule has 0 aromatic rings. The van der Waals surface area contributed by atoms with Crippen LogP contribution in [0.2, 0.25) is 11.1 Å². The van der Waals surface area contributed by atoms with Crippen LogP contribution in [0.25, 0.3) is 0 Å². The van der Waals surface area contributed by atoms with Crippen LogP contribution >= 0.6 is 0 Å². The summed E-state index contributed by atoms with van der Waals surface area (Å²) >= 11 is 0. The second-order valence-corrected chi connectivity index (χ2v) is 11.5. The van der Waals surface area contributed by atoms with Crippen molar-refractivity contribution in [1.82, 2.24) is 0 Å². The summed E-state index contributed by atoms with van der Waals surface area (Å²) in [6.07, 6.45) is 11.0. The summed E-state index contributed by atoms with van der Waals surface area (Å²) < 4.78 is 13.3. The van der Waals surface area contributed by atoms with Crippen LogP contribution < -0.4 is 0 Å². The van der Waals surface area contributed by atoms with Gasteiger partial charge in [0.05, 0.1) is 0 Å². The van der Waals surface area contributed by atoms with Crippen LogP contribution in [0.5, 0.6) is 0 Å². The Hall–Kier alpha value is 0.137. The van der Waals surface area contributed by atoms with E-state index in [0.29, 0.717) is 5.92 Å². The van der Waals surface area contributed by atoms with Crippen molar-refractivity contribution in [2.24, 2.45) is 11.8 Å². The summed E-state index contributed by atoms with van der Waals surface area (Å²) in [6, 6.07) is 0. The van der Waals surface area contributed by atoms with Crippen LogP contribution in [-0.2, 0) is 8.85 Å². The van der Waals surface area contributed by atoms with Crippen molar-refractivity contribution in [2.75, 3.05) is 13.2 Å². The van der Waals surface area contributed by atoms with Gasteiger partial charge in [-0.3, -0.25) is 0 Å². The number of rotatable bonds is 7. The molecule has 2 fully saturated rings. The normalized spacial score (nSPS) is 30.7. The van der Waals surface area contributed by atoms with E-state index in [4.69, 9.17) is 8.85 Å². The first-order valence-corrected chi connectivity index (χ1v) is 11.3. The van der Waals surface area contributed by atoms with E-state index in [1.54, 1.807) is 0 Å². The first-order valence-electron chi connectivity index (χ1n) is 9.36. The fourth-order valence-corrected chi connectivity index (χ4v) is 9.78. The summed E-state index contributed by atoms with van der Waals surface area (Å²) in [6.45, 7) is 10.9. The molecule has 0 saturated heterocycles. The predicted octanol–water partition coefficient (Wildman–Crippen LogP) is 5.66. The topological polar surface area (TPSA) is 18.5 Å². The molecule has 0 aromatic carbocycles. The van der Waals surface area contributed by atoms with Gasteiger partial charge in [-0.1, -0.05) is 46.5 Å². The Labute approximate surface area is 133 Å². The molecule has 2 aliphatic carbocycles. The average molecular weight is 313 g/mol. The summed E-state index contributed by atoms with van der Waals surface area (Å²) in [4.78, 5) is 0. The molecule has 0 aromatic heterocycles. The van der Waals surface area contributed by atoms with Crippen molar-refractivity contribution < 1.29 is 8.85 Å². The molecule has 0 heterocycles. The van der Waals surface area contributed by atoms with Crippen LogP contribution in [0.1, 0.15) is 79.1 Å². The third kappa shape index (κ3) is 4.32. The van der Waals surface area contributed by atoms with Gasteiger partial charge in [0, 0.05) is 24.3 Å². The molecule has 3 unspecified atom stereocenters. The molecule has 0 bridgehead atoms. The van der Waals surface area contributed by atoms with E-state index in [1.165, 1.54) is 51.4 Å². The quantitative estimate of drug-likeness (QED) is 0.564. The maximum atomic E-state index is 6.72. The van der Waals surface area contributed by atoms with Crippen molar-refractivity contribution in [1.29, 1.82) is 0 Å². The van der Waals surface area contributed by atoms with Crippen LogP contribution in [-0.4, -0.2) is 21.8 Å². The van der Waals surface area contributed by atoms with E-state index in [1.807, 2.05) is 0 Å². The van der Waals surface area contributed by atoms with E-state index in [2.05, 4.69) is 27.7 Å². The third-order valence-corrected chi connectivity index (χ3v) is 10.2. The molecular weight excluding hydrogens is 276 g/mol. The molecule has 0 N–H and O–H groups in total. The molecule has 2 saturated carbocycles. The summed E-state index contributed by atoms with van der Waals surface area (Å²) in [7, 11) is -2.07. The maximum Gasteiger partial charge on any atom is 0.344 e. The molecule has 0 aliphatic heterocycles. The van der Waals surface area contributed by atoms with Gasteiger partial charge in [-0.2, -0.15) is 0 Å². The molecule has 2 rings (SSSR count). The first kappa shape index (κ1) is 17.5. The lowest BCUT2D eigenvalue weighted by Crippen LogP contribution is -2.52. The zero-order chi connectivity index (χ0) is 15.3. The number of hydrogen-bond donors (Lipinski definition) is 0. The number of hydrogen-bond acceptors (Lipinski definition) is 2. The Balaban J connectivity index is 2.19. The van der Waals surface area contributed by atoms with Crippen molar-refractivity contribution in [3.8, 4) is 0 Å². The highest BCUT2D eigenvalue weighted by atomic mass is 28.4. The highest BCUT2D eigenvalue weighted by Gasteiger charge is 2.53. The second kappa shape index (κ2) is 8.12. The van der Waals surface area contributed by atoms with Gasteiger partial charge in [0.2, 0.25) is 0 Å². The van der Waals surface area contributed by atoms with Crippen LogP contribution in [0.3, 0.4) is 0 Å². The zero-order valence-electron chi connectivity index (χ0n) is 14.7. The lowest BCUT2D eigenvalue weighted by Gasteiger charge is -2.44. The summed E-state index contributed by atoms with van der Waals surface area (Å²) in [5.74, 6) is 1.47. The minimum absolute atomic E-state index is 0.611. The lowest BCUT2D eigenvalue weighted by atomic mass is 9.90. The molecule has 0 radical (unpaired) electrons. The largest absolute Gasteiger partial charge is 0.394 e. The van der Waals surface area contributed by atoms with Gasteiger partial charge < -0.3 is 8.85 Å². The standard InChI is InChI=1S/C18H36O2Si/c1-5-19-21(20-14-15(2)3,17-10-6-7-11-17)18-12-8-9-16(4)13-18/h15-18H,5-14H2,1-4H3. The maximum absolute atomic E-state index is 6.72. The molecule has 2 nitrogen and oxygen atoms in total. The van der Waals surface area contributed by atoms with Gasteiger partial charge >= 0.3 is 8.56 Å². The van der Waals surface area contributed by atoms with Gasteiger partial charge in [-0.05, 0) is 44.4 Å². The smallest absolute Gasteiger partial charge is 0.344 e.